The van der Waals surface area contributed by atoms with E-state index in [-0.39, 0.29) is 0 Å². The molecule has 22 heavy (non-hydrogen) atoms. The van der Waals surface area contributed by atoms with E-state index in [1.54, 1.807) is 0 Å². The van der Waals surface area contributed by atoms with E-state index in [2.05, 4.69) is 46.3 Å². The van der Waals surface area contributed by atoms with Gasteiger partial charge in [0.05, 0.1) is 0 Å². The fourth-order valence-corrected chi connectivity index (χ4v) is 2.88. The van der Waals surface area contributed by atoms with Crippen LogP contribution in [0.3, 0.4) is 0 Å². The van der Waals surface area contributed by atoms with E-state index in [0.29, 0.717) is 6.61 Å². The van der Waals surface area contributed by atoms with E-state index in [1.807, 2.05) is 24.3 Å². The summed E-state index contributed by atoms with van der Waals surface area (Å²) in [5.74, 6) is 0.973. The molecule has 0 bridgehead atoms. The van der Waals surface area contributed by atoms with Crippen molar-refractivity contribution in [1.29, 1.82) is 0 Å². The van der Waals surface area contributed by atoms with Crippen LogP contribution in [-0.2, 0) is 13.0 Å². The van der Waals surface area contributed by atoms with Gasteiger partial charge in [-0.1, -0.05) is 77.7 Å². The molecule has 0 heterocycles. The summed E-state index contributed by atoms with van der Waals surface area (Å²) < 4.78 is 5.89. The Balaban J connectivity index is 1.72. The Bertz CT molecular complexity index is 524. The average molecular weight is 361 g/mol. The van der Waals surface area contributed by atoms with E-state index < -0.39 is 0 Å². The molecule has 0 aromatic heterocycles. The van der Waals surface area contributed by atoms with Crippen LogP contribution in [-0.4, -0.2) is 5.33 Å². The van der Waals surface area contributed by atoms with E-state index in [4.69, 9.17) is 4.74 Å². The molecule has 0 unspecified atom stereocenters. The lowest BCUT2D eigenvalue weighted by molar-refractivity contribution is 0.306. The van der Waals surface area contributed by atoms with E-state index >= 15 is 0 Å². The minimum Gasteiger partial charge on any atom is -0.489 e. The largest absolute Gasteiger partial charge is 0.489 e. The molecule has 2 aromatic rings. The number of ether oxygens (including phenoxy) is 1. The van der Waals surface area contributed by atoms with Gasteiger partial charge in [0.15, 0.2) is 0 Å². The first-order chi connectivity index (χ1) is 10.9. The Morgan fingerprint density at radius 1 is 0.727 bits per heavy atom. The number of hydrogen-bond acceptors (Lipinski definition) is 1. The highest BCUT2D eigenvalue weighted by Crippen LogP contribution is 2.17. The third kappa shape index (κ3) is 6.65. The molecule has 1 nitrogen and oxygen atoms in total. The van der Waals surface area contributed by atoms with Crippen molar-refractivity contribution in [2.75, 3.05) is 5.33 Å². The van der Waals surface area contributed by atoms with Gasteiger partial charge in [-0.15, -0.1) is 0 Å². The average Bonchev–Trinajstić information content (AvgIpc) is 2.57. The topological polar surface area (TPSA) is 9.23 Å². The van der Waals surface area contributed by atoms with E-state index in [1.165, 1.54) is 43.2 Å². The zero-order valence-electron chi connectivity index (χ0n) is 13.1. The zero-order valence-corrected chi connectivity index (χ0v) is 14.7. The fraction of sp³-hybridized carbons (Fsp3) is 0.400. The van der Waals surface area contributed by atoms with Gasteiger partial charge < -0.3 is 4.74 Å². The van der Waals surface area contributed by atoms with Crippen molar-refractivity contribution in [3.63, 3.8) is 0 Å². The SMILES string of the molecule is BrCCCCCCCc1cccc(OCc2ccccc2)c1. The van der Waals surface area contributed by atoms with Gasteiger partial charge in [0, 0.05) is 5.33 Å². The van der Waals surface area contributed by atoms with Gasteiger partial charge in [-0.2, -0.15) is 0 Å². The predicted molar refractivity (Wildman–Crippen MR) is 97.8 cm³/mol. The monoisotopic (exact) mass is 360 g/mol. The molecule has 118 valence electrons. The van der Waals surface area contributed by atoms with Crippen LogP contribution in [0, 0.1) is 0 Å². The lowest BCUT2D eigenvalue weighted by Crippen LogP contribution is -1.96. The van der Waals surface area contributed by atoms with Crippen LogP contribution >= 0.6 is 15.9 Å². The van der Waals surface area contributed by atoms with Gasteiger partial charge in [-0.25, -0.2) is 0 Å². The maximum absolute atomic E-state index is 5.89. The third-order valence-corrected chi connectivity index (χ3v) is 4.31. The van der Waals surface area contributed by atoms with Crippen LogP contribution in [0.15, 0.2) is 54.6 Å². The van der Waals surface area contributed by atoms with Crippen molar-refractivity contribution in [2.45, 2.75) is 45.1 Å². The fourth-order valence-electron chi connectivity index (χ4n) is 2.49. The standard InChI is InChI=1S/C20H25BrO/c21-15-8-3-1-2-5-10-18-13-9-14-20(16-18)22-17-19-11-6-4-7-12-19/h4,6-7,9,11-14,16H,1-3,5,8,10,15,17H2. The van der Waals surface area contributed by atoms with Crippen molar-refractivity contribution in [3.8, 4) is 5.75 Å². The van der Waals surface area contributed by atoms with Crippen molar-refractivity contribution in [1.82, 2.24) is 0 Å². The summed E-state index contributed by atoms with van der Waals surface area (Å²) in [4.78, 5) is 0. The lowest BCUT2D eigenvalue weighted by Gasteiger charge is -2.08. The molecule has 2 rings (SSSR count). The van der Waals surface area contributed by atoms with Gasteiger partial charge in [0.2, 0.25) is 0 Å². The first kappa shape index (κ1) is 17.1. The summed E-state index contributed by atoms with van der Waals surface area (Å²) in [5, 5.41) is 1.13. The third-order valence-electron chi connectivity index (χ3n) is 3.75. The van der Waals surface area contributed by atoms with Crippen LogP contribution in [0.2, 0.25) is 0 Å². The molecule has 0 aliphatic carbocycles. The molecule has 2 heteroatoms. The second-order valence-corrected chi connectivity index (χ2v) is 6.42. The molecule has 0 atom stereocenters. The first-order valence-corrected chi connectivity index (χ1v) is 9.32. The molecular weight excluding hydrogens is 336 g/mol. The molecular formula is C20H25BrO. The van der Waals surface area contributed by atoms with Gasteiger partial charge in [0.25, 0.3) is 0 Å². The van der Waals surface area contributed by atoms with Crippen molar-refractivity contribution >= 4 is 15.9 Å². The summed E-state index contributed by atoms with van der Waals surface area (Å²) in [7, 11) is 0. The number of aryl methyl sites for hydroxylation is 1. The van der Waals surface area contributed by atoms with Crippen molar-refractivity contribution in [3.05, 3.63) is 65.7 Å². The van der Waals surface area contributed by atoms with Crippen LogP contribution in [0.4, 0.5) is 0 Å². The summed E-state index contributed by atoms with van der Waals surface area (Å²) in [5.41, 5.74) is 2.59. The number of rotatable bonds is 10. The zero-order chi connectivity index (χ0) is 15.5. The van der Waals surface area contributed by atoms with Crippen molar-refractivity contribution in [2.24, 2.45) is 0 Å². The number of hydrogen-bond donors (Lipinski definition) is 0. The number of alkyl halides is 1. The van der Waals surface area contributed by atoms with Gasteiger partial charge in [-0.05, 0) is 42.5 Å². The summed E-state index contributed by atoms with van der Waals surface area (Å²) in [6.07, 6.45) is 7.72. The second-order valence-electron chi connectivity index (χ2n) is 5.63. The number of unbranched alkanes of at least 4 members (excludes halogenated alkanes) is 4. The smallest absolute Gasteiger partial charge is 0.120 e. The Labute approximate surface area is 142 Å². The maximum Gasteiger partial charge on any atom is 0.120 e. The Morgan fingerprint density at radius 3 is 2.27 bits per heavy atom. The number of benzene rings is 2. The van der Waals surface area contributed by atoms with Crippen LogP contribution in [0.5, 0.6) is 5.75 Å². The summed E-state index contributed by atoms with van der Waals surface area (Å²) >= 11 is 3.48. The highest BCUT2D eigenvalue weighted by atomic mass is 79.9. The molecule has 0 aliphatic rings. The van der Waals surface area contributed by atoms with Gasteiger partial charge in [0.1, 0.15) is 12.4 Å². The lowest BCUT2D eigenvalue weighted by atomic mass is 10.1. The van der Waals surface area contributed by atoms with E-state index in [0.717, 1.165) is 17.5 Å². The summed E-state index contributed by atoms with van der Waals surface area (Å²) in [6.45, 7) is 0.636. The summed E-state index contributed by atoms with van der Waals surface area (Å²) in [6, 6.07) is 18.8. The molecule has 0 fully saturated rings. The maximum atomic E-state index is 5.89. The van der Waals surface area contributed by atoms with Gasteiger partial charge in [-0.3, -0.25) is 0 Å². The minimum atomic E-state index is 0.636. The molecule has 0 radical (unpaired) electrons. The minimum absolute atomic E-state index is 0.636. The van der Waals surface area contributed by atoms with Crippen molar-refractivity contribution < 1.29 is 4.74 Å². The van der Waals surface area contributed by atoms with E-state index in [9.17, 15) is 0 Å². The molecule has 2 aromatic carbocycles. The Kier molecular flexibility index (Phi) is 8.11. The molecule has 0 amide bonds. The molecule has 0 saturated carbocycles. The number of halogens is 1. The molecule has 0 aliphatic heterocycles. The quantitative estimate of drug-likeness (QED) is 0.364. The van der Waals surface area contributed by atoms with Crippen LogP contribution in [0.1, 0.15) is 43.2 Å². The Morgan fingerprint density at radius 2 is 1.45 bits per heavy atom. The second kappa shape index (κ2) is 10.4. The molecule has 0 saturated heterocycles. The van der Waals surface area contributed by atoms with Gasteiger partial charge >= 0.3 is 0 Å². The highest BCUT2D eigenvalue weighted by Gasteiger charge is 1.99. The Hall–Kier alpha value is -1.28. The predicted octanol–water partition coefficient (Wildman–Crippen LogP) is 6.15. The van der Waals surface area contributed by atoms with Crippen LogP contribution in [0.25, 0.3) is 0 Å². The molecule has 0 N–H and O–H groups in total. The molecule has 0 spiro atoms. The highest BCUT2D eigenvalue weighted by molar-refractivity contribution is 9.09. The first-order valence-electron chi connectivity index (χ1n) is 8.20. The van der Waals surface area contributed by atoms with Crippen LogP contribution < -0.4 is 4.74 Å². The normalized spacial score (nSPS) is 10.6.